The third-order valence-corrected chi connectivity index (χ3v) is 3.74. The molecule has 0 fully saturated rings. The highest BCUT2D eigenvalue weighted by Gasteiger charge is 2.13. The summed E-state index contributed by atoms with van der Waals surface area (Å²) in [4.78, 5) is 23.7. The van der Waals surface area contributed by atoms with Crippen molar-refractivity contribution in [2.75, 3.05) is 0 Å². The Bertz CT molecular complexity index is 747. The van der Waals surface area contributed by atoms with Crippen molar-refractivity contribution in [1.29, 1.82) is 5.41 Å². The van der Waals surface area contributed by atoms with Gasteiger partial charge in [0.1, 0.15) is 4.47 Å². The van der Waals surface area contributed by atoms with Crippen LogP contribution in [0.5, 0.6) is 0 Å². The van der Waals surface area contributed by atoms with Gasteiger partial charge in [0.25, 0.3) is 5.56 Å². The van der Waals surface area contributed by atoms with Crippen LogP contribution < -0.4 is 16.6 Å². The number of nitrogens with one attached hydrogen (secondary N) is 1. The molecule has 0 unspecified atom stereocenters. The van der Waals surface area contributed by atoms with Gasteiger partial charge in [-0.2, -0.15) is 0 Å². The van der Waals surface area contributed by atoms with Crippen LogP contribution in [0.1, 0.15) is 5.69 Å². The minimum Gasteiger partial charge on any atom is -0.348 e. The van der Waals surface area contributed by atoms with E-state index in [1.165, 1.54) is 11.6 Å². The predicted molar refractivity (Wildman–Crippen MR) is 84.3 cm³/mol. The van der Waals surface area contributed by atoms with Crippen LogP contribution >= 0.6 is 32.9 Å². The van der Waals surface area contributed by atoms with Gasteiger partial charge in [-0.15, -0.1) is 17.0 Å². The van der Waals surface area contributed by atoms with Crippen molar-refractivity contribution in [3.8, 4) is 0 Å². The third kappa shape index (κ3) is 3.01. The van der Waals surface area contributed by atoms with Gasteiger partial charge in [0.2, 0.25) is 0 Å². The highest BCUT2D eigenvalue weighted by molar-refractivity contribution is 9.10. The van der Waals surface area contributed by atoms with E-state index < -0.39 is 0 Å². The summed E-state index contributed by atoms with van der Waals surface area (Å²) in [5.74, 6) is 0. The first-order valence-electron chi connectivity index (χ1n) is 5.57. The quantitative estimate of drug-likeness (QED) is 0.800. The molecular formula is C12H14Br2N4O2. The summed E-state index contributed by atoms with van der Waals surface area (Å²) in [6.07, 6.45) is 3.47. The van der Waals surface area contributed by atoms with Crippen molar-refractivity contribution in [3.05, 3.63) is 60.9 Å². The Balaban J connectivity index is 0.00000200. The van der Waals surface area contributed by atoms with Crippen LogP contribution in [0.3, 0.4) is 0 Å². The summed E-state index contributed by atoms with van der Waals surface area (Å²) in [6, 6.07) is 3.29. The highest BCUT2D eigenvalue weighted by atomic mass is 79.9. The second kappa shape index (κ2) is 6.36. The molecule has 0 aliphatic carbocycles. The minimum atomic E-state index is -0.360. The second-order valence-electron chi connectivity index (χ2n) is 4.23. The first-order valence-corrected chi connectivity index (χ1v) is 6.36. The Kier molecular flexibility index (Phi) is 5.29. The number of hydrogen-bond donors (Lipinski definition) is 1. The van der Waals surface area contributed by atoms with Gasteiger partial charge in [-0.25, -0.2) is 4.79 Å². The van der Waals surface area contributed by atoms with E-state index in [0.717, 1.165) is 4.57 Å². The smallest absolute Gasteiger partial charge is 0.330 e. The fourth-order valence-corrected chi connectivity index (χ4v) is 2.41. The van der Waals surface area contributed by atoms with Crippen molar-refractivity contribution < 1.29 is 0 Å². The number of hydrogen-bond acceptors (Lipinski definition) is 3. The molecule has 2 aromatic heterocycles. The number of pyridine rings is 1. The summed E-state index contributed by atoms with van der Waals surface area (Å²) >= 11 is 3.24. The van der Waals surface area contributed by atoms with Crippen molar-refractivity contribution in [2.24, 2.45) is 14.1 Å². The van der Waals surface area contributed by atoms with E-state index in [-0.39, 0.29) is 28.2 Å². The molecule has 2 rings (SSSR count). The van der Waals surface area contributed by atoms with Crippen molar-refractivity contribution in [1.82, 2.24) is 13.7 Å². The largest absolute Gasteiger partial charge is 0.348 e. The Morgan fingerprint density at radius 2 is 1.70 bits per heavy atom. The molecule has 0 aliphatic heterocycles. The fraction of sp³-hybridized carbons (Fsp3) is 0.250. The molecule has 20 heavy (non-hydrogen) atoms. The molecule has 0 atom stereocenters. The van der Waals surface area contributed by atoms with Crippen molar-refractivity contribution in [3.63, 3.8) is 0 Å². The van der Waals surface area contributed by atoms with Crippen molar-refractivity contribution in [2.45, 2.75) is 6.54 Å². The molecular weight excluding hydrogens is 392 g/mol. The maximum absolute atomic E-state index is 11.9. The molecule has 2 aromatic rings. The topological polar surface area (TPSA) is 72.8 Å². The number of rotatable bonds is 2. The Hall–Kier alpha value is -1.41. The van der Waals surface area contributed by atoms with E-state index in [2.05, 4.69) is 15.9 Å². The van der Waals surface area contributed by atoms with E-state index in [0.29, 0.717) is 22.1 Å². The molecule has 8 heteroatoms. The van der Waals surface area contributed by atoms with Crippen LogP contribution in [0.2, 0.25) is 0 Å². The molecule has 0 aliphatic rings. The second-order valence-corrected chi connectivity index (χ2v) is 5.02. The summed E-state index contributed by atoms with van der Waals surface area (Å²) in [7, 11) is 3.07. The molecule has 0 spiro atoms. The lowest BCUT2D eigenvalue weighted by atomic mass is 10.3. The minimum absolute atomic E-state index is 0. The van der Waals surface area contributed by atoms with Crippen LogP contribution in [0.25, 0.3) is 0 Å². The van der Waals surface area contributed by atoms with Crippen LogP contribution in [0, 0.1) is 5.41 Å². The monoisotopic (exact) mass is 404 g/mol. The molecule has 0 saturated heterocycles. The highest BCUT2D eigenvalue weighted by Crippen LogP contribution is 2.10. The van der Waals surface area contributed by atoms with Gasteiger partial charge in [0, 0.05) is 26.5 Å². The zero-order valence-corrected chi connectivity index (χ0v) is 14.3. The maximum Gasteiger partial charge on any atom is 0.330 e. The van der Waals surface area contributed by atoms with Crippen LogP contribution in [-0.2, 0) is 20.6 Å². The van der Waals surface area contributed by atoms with Gasteiger partial charge >= 0.3 is 5.69 Å². The van der Waals surface area contributed by atoms with E-state index in [4.69, 9.17) is 5.41 Å². The molecule has 1 N–H and O–H groups in total. The zero-order valence-electron chi connectivity index (χ0n) is 11.0. The lowest BCUT2D eigenvalue weighted by molar-refractivity contribution is 0.616. The van der Waals surface area contributed by atoms with E-state index in [1.807, 2.05) is 0 Å². The summed E-state index contributed by atoms with van der Waals surface area (Å²) in [6.45, 7) is 0.378. The molecule has 108 valence electrons. The summed E-state index contributed by atoms with van der Waals surface area (Å²) in [5.41, 5.74) is -0.118. The number of nitrogens with zero attached hydrogens (tertiary/aromatic N) is 3. The normalized spacial score (nSPS) is 10.2. The molecule has 0 bridgehead atoms. The lowest BCUT2D eigenvalue weighted by Crippen LogP contribution is -2.39. The fourth-order valence-electron chi connectivity index (χ4n) is 1.76. The summed E-state index contributed by atoms with van der Waals surface area (Å²) in [5, 5.41) is 7.83. The average Bonchev–Trinajstić information content (AvgIpc) is 2.41. The predicted octanol–water partition coefficient (Wildman–Crippen LogP) is 0.754. The van der Waals surface area contributed by atoms with Gasteiger partial charge in [0.15, 0.2) is 0 Å². The van der Waals surface area contributed by atoms with Crippen LogP contribution in [0.15, 0.2) is 38.6 Å². The Morgan fingerprint density at radius 1 is 1.15 bits per heavy atom. The van der Waals surface area contributed by atoms with E-state index in [9.17, 15) is 9.59 Å². The van der Waals surface area contributed by atoms with Gasteiger partial charge < -0.3 is 9.98 Å². The first-order chi connectivity index (χ1) is 8.91. The molecule has 0 amide bonds. The third-order valence-electron chi connectivity index (χ3n) is 2.95. The van der Waals surface area contributed by atoms with E-state index >= 15 is 0 Å². The van der Waals surface area contributed by atoms with Crippen LogP contribution in [-0.4, -0.2) is 13.7 Å². The van der Waals surface area contributed by atoms with Crippen molar-refractivity contribution >= 4 is 32.9 Å². The van der Waals surface area contributed by atoms with Gasteiger partial charge in [0.05, 0.1) is 17.6 Å². The Labute approximate surface area is 133 Å². The maximum atomic E-state index is 11.9. The molecule has 0 radical (unpaired) electrons. The Morgan fingerprint density at radius 3 is 2.25 bits per heavy atom. The van der Waals surface area contributed by atoms with E-state index in [1.54, 1.807) is 36.1 Å². The SMILES string of the molecule is Br.Cn1c(Cn2ccc(=N)cc2)c(Br)c(=O)n(C)c1=O. The first kappa shape index (κ1) is 16.6. The standard InChI is InChI=1S/C12H13BrN4O2.BrH/c1-15-9(7-17-5-3-8(14)4-6-17)10(13)11(18)16(2)12(15)19;/h3-6,14H,7H2,1-2H3;1H. The van der Waals surface area contributed by atoms with Gasteiger partial charge in [-0.05, 0) is 28.1 Å². The molecule has 6 nitrogen and oxygen atoms in total. The zero-order chi connectivity index (χ0) is 14.2. The van der Waals surface area contributed by atoms with Gasteiger partial charge in [-0.1, -0.05) is 0 Å². The van der Waals surface area contributed by atoms with Gasteiger partial charge in [-0.3, -0.25) is 13.9 Å². The average molecular weight is 406 g/mol. The summed E-state index contributed by atoms with van der Waals surface area (Å²) < 4.78 is 4.68. The number of aromatic nitrogens is 3. The lowest BCUT2D eigenvalue weighted by Gasteiger charge is -2.13. The molecule has 0 saturated carbocycles. The molecule has 2 heterocycles. The molecule has 0 aromatic carbocycles. The number of halogens is 2. The van der Waals surface area contributed by atoms with Crippen LogP contribution in [0.4, 0.5) is 0 Å².